The van der Waals surface area contributed by atoms with Crippen molar-refractivity contribution in [2.75, 3.05) is 16.0 Å². The number of nitrogens with one attached hydrogen (secondary N) is 3. The average Bonchev–Trinajstić information content (AvgIpc) is 2.65. The van der Waals surface area contributed by atoms with Crippen LogP contribution >= 0.6 is 11.6 Å². The van der Waals surface area contributed by atoms with Crippen molar-refractivity contribution in [3.63, 3.8) is 0 Å². The molecule has 28 heavy (non-hydrogen) atoms. The van der Waals surface area contributed by atoms with Gasteiger partial charge in [-0.1, -0.05) is 29.8 Å². The van der Waals surface area contributed by atoms with Crippen LogP contribution in [0, 0.1) is 0 Å². The first kappa shape index (κ1) is 19.6. The summed E-state index contributed by atoms with van der Waals surface area (Å²) in [6.07, 6.45) is -4.53. The molecule has 0 aromatic heterocycles. The number of para-hydroxylation sites is 1. The Morgan fingerprint density at radius 1 is 0.786 bits per heavy atom. The highest BCUT2D eigenvalue weighted by atomic mass is 35.5. The van der Waals surface area contributed by atoms with Gasteiger partial charge in [0, 0.05) is 17.1 Å². The lowest BCUT2D eigenvalue weighted by molar-refractivity contribution is -0.137. The van der Waals surface area contributed by atoms with Crippen molar-refractivity contribution in [1.82, 2.24) is 0 Å². The first-order valence-electron chi connectivity index (χ1n) is 8.18. The molecule has 3 rings (SSSR count). The molecule has 0 radical (unpaired) electrons. The van der Waals surface area contributed by atoms with Crippen molar-refractivity contribution in [3.05, 3.63) is 83.4 Å². The van der Waals surface area contributed by atoms with Crippen LogP contribution in [0.2, 0.25) is 5.02 Å². The standard InChI is InChI=1S/C20H15ClF3N3O/c21-17-11-6-13(20(22,23)24)12-18(17)27-19(28)26-16-9-7-15(8-10-16)25-14-4-2-1-3-5-14/h1-12,25H,(H2,26,27,28). The second-order valence-corrected chi connectivity index (χ2v) is 6.25. The summed E-state index contributed by atoms with van der Waals surface area (Å²) < 4.78 is 38.4. The Balaban J connectivity index is 1.64. The maximum Gasteiger partial charge on any atom is 0.416 e. The van der Waals surface area contributed by atoms with E-state index in [9.17, 15) is 18.0 Å². The molecule has 8 heteroatoms. The van der Waals surface area contributed by atoms with Gasteiger partial charge in [0.25, 0.3) is 0 Å². The summed E-state index contributed by atoms with van der Waals surface area (Å²) in [4.78, 5) is 12.1. The van der Waals surface area contributed by atoms with Crippen molar-refractivity contribution in [3.8, 4) is 0 Å². The lowest BCUT2D eigenvalue weighted by atomic mass is 10.2. The van der Waals surface area contributed by atoms with Gasteiger partial charge in [0.15, 0.2) is 0 Å². The van der Waals surface area contributed by atoms with Crippen LogP contribution in [-0.4, -0.2) is 6.03 Å². The van der Waals surface area contributed by atoms with Gasteiger partial charge in [-0.3, -0.25) is 0 Å². The topological polar surface area (TPSA) is 53.2 Å². The number of hydrogen-bond donors (Lipinski definition) is 3. The van der Waals surface area contributed by atoms with Crippen LogP contribution < -0.4 is 16.0 Å². The van der Waals surface area contributed by atoms with Crippen LogP contribution in [0.1, 0.15) is 5.56 Å². The number of carbonyl (C=O) groups is 1. The average molecular weight is 406 g/mol. The minimum absolute atomic E-state index is 0.00515. The molecule has 0 heterocycles. The lowest BCUT2D eigenvalue weighted by Gasteiger charge is -2.13. The van der Waals surface area contributed by atoms with E-state index in [0.717, 1.165) is 29.6 Å². The normalized spacial score (nSPS) is 11.0. The molecule has 0 aliphatic rings. The van der Waals surface area contributed by atoms with Crippen molar-refractivity contribution in [1.29, 1.82) is 0 Å². The Bertz CT molecular complexity index is 961. The third kappa shape index (κ3) is 5.17. The molecule has 0 spiro atoms. The summed E-state index contributed by atoms with van der Waals surface area (Å²) in [7, 11) is 0. The molecule has 0 fully saturated rings. The molecule has 3 aromatic rings. The van der Waals surface area contributed by atoms with Crippen LogP contribution in [-0.2, 0) is 6.18 Å². The zero-order chi connectivity index (χ0) is 20.1. The molecule has 0 unspecified atom stereocenters. The van der Waals surface area contributed by atoms with E-state index in [2.05, 4.69) is 16.0 Å². The Morgan fingerprint density at radius 2 is 1.39 bits per heavy atom. The van der Waals surface area contributed by atoms with Gasteiger partial charge in [0.2, 0.25) is 0 Å². The van der Waals surface area contributed by atoms with Crippen molar-refractivity contribution in [2.45, 2.75) is 6.18 Å². The minimum atomic E-state index is -4.53. The Kier molecular flexibility index (Phi) is 5.75. The number of anilines is 4. The van der Waals surface area contributed by atoms with Gasteiger partial charge < -0.3 is 16.0 Å². The number of alkyl halides is 3. The molecule has 0 saturated heterocycles. The zero-order valence-electron chi connectivity index (χ0n) is 14.3. The molecular formula is C20H15ClF3N3O. The number of amides is 2. The van der Waals surface area contributed by atoms with Gasteiger partial charge in [-0.05, 0) is 54.6 Å². The molecule has 2 amide bonds. The van der Waals surface area contributed by atoms with E-state index in [1.807, 2.05) is 30.3 Å². The van der Waals surface area contributed by atoms with Crippen LogP contribution in [0.3, 0.4) is 0 Å². The van der Waals surface area contributed by atoms with Crippen molar-refractivity contribution >= 4 is 40.4 Å². The predicted octanol–water partition coefficient (Wildman–Crippen LogP) is 6.75. The fraction of sp³-hybridized carbons (Fsp3) is 0.0500. The van der Waals surface area contributed by atoms with Gasteiger partial charge in [-0.2, -0.15) is 13.2 Å². The Hall–Kier alpha value is -3.19. The monoisotopic (exact) mass is 405 g/mol. The SMILES string of the molecule is O=C(Nc1ccc(Nc2ccccc2)cc1)Nc1cc(C(F)(F)F)ccc1Cl. The molecule has 3 N–H and O–H groups in total. The smallest absolute Gasteiger partial charge is 0.356 e. The summed E-state index contributed by atoms with van der Waals surface area (Å²) >= 11 is 5.87. The number of urea groups is 1. The van der Waals surface area contributed by atoms with Crippen LogP contribution in [0.25, 0.3) is 0 Å². The highest BCUT2D eigenvalue weighted by molar-refractivity contribution is 6.33. The first-order chi connectivity index (χ1) is 13.3. The van der Waals surface area contributed by atoms with E-state index in [0.29, 0.717) is 5.69 Å². The number of hydrogen-bond acceptors (Lipinski definition) is 2. The van der Waals surface area contributed by atoms with E-state index in [-0.39, 0.29) is 10.7 Å². The second-order valence-electron chi connectivity index (χ2n) is 5.84. The lowest BCUT2D eigenvalue weighted by Crippen LogP contribution is -2.20. The highest BCUT2D eigenvalue weighted by Crippen LogP contribution is 2.33. The predicted molar refractivity (Wildman–Crippen MR) is 105 cm³/mol. The van der Waals surface area contributed by atoms with Crippen molar-refractivity contribution in [2.24, 2.45) is 0 Å². The van der Waals surface area contributed by atoms with Crippen LogP contribution in [0.5, 0.6) is 0 Å². The quantitative estimate of drug-likeness (QED) is 0.450. The first-order valence-corrected chi connectivity index (χ1v) is 8.56. The van der Waals surface area contributed by atoms with Crippen LogP contribution in [0.15, 0.2) is 72.8 Å². The van der Waals surface area contributed by atoms with Gasteiger partial charge in [0.1, 0.15) is 0 Å². The Labute approximate surface area is 164 Å². The maximum absolute atomic E-state index is 12.8. The highest BCUT2D eigenvalue weighted by Gasteiger charge is 2.31. The molecule has 0 saturated carbocycles. The molecule has 0 bridgehead atoms. The second kappa shape index (κ2) is 8.22. The van der Waals surface area contributed by atoms with E-state index in [4.69, 9.17) is 11.6 Å². The summed E-state index contributed by atoms with van der Waals surface area (Å²) in [5.74, 6) is 0. The molecule has 144 valence electrons. The van der Waals surface area contributed by atoms with E-state index >= 15 is 0 Å². The molecule has 0 atom stereocenters. The number of benzene rings is 3. The molecule has 0 aliphatic carbocycles. The fourth-order valence-electron chi connectivity index (χ4n) is 2.41. The largest absolute Gasteiger partial charge is 0.416 e. The molecule has 3 aromatic carbocycles. The number of carbonyl (C=O) groups excluding carboxylic acids is 1. The zero-order valence-corrected chi connectivity index (χ0v) is 15.1. The molecule has 4 nitrogen and oxygen atoms in total. The van der Waals surface area contributed by atoms with Gasteiger partial charge in [0.05, 0.1) is 16.3 Å². The van der Waals surface area contributed by atoms with Gasteiger partial charge in [-0.15, -0.1) is 0 Å². The summed E-state index contributed by atoms with van der Waals surface area (Å²) in [5, 5.41) is 8.08. The third-order valence-electron chi connectivity index (χ3n) is 3.75. The number of halogens is 4. The van der Waals surface area contributed by atoms with E-state index < -0.39 is 17.8 Å². The summed E-state index contributed by atoms with van der Waals surface area (Å²) in [5.41, 5.74) is 1.18. The maximum atomic E-state index is 12.8. The van der Waals surface area contributed by atoms with E-state index in [1.165, 1.54) is 0 Å². The van der Waals surface area contributed by atoms with Crippen molar-refractivity contribution < 1.29 is 18.0 Å². The summed E-state index contributed by atoms with van der Waals surface area (Å²) in [6, 6.07) is 18.4. The van der Waals surface area contributed by atoms with Crippen LogP contribution in [0.4, 0.5) is 40.7 Å². The molecular weight excluding hydrogens is 391 g/mol. The van der Waals surface area contributed by atoms with Gasteiger partial charge in [-0.25, -0.2) is 4.79 Å². The number of rotatable bonds is 4. The third-order valence-corrected chi connectivity index (χ3v) is 4.08. The summed E-state index contributed by atoms with van der Waals surface area (Å²) in [6.45, 7) is 0. The van der Waals surface area contributed by atoms with E-state index in [1.54, 1.807) is 24.3 Å². The minimum Gasteiger partial charge on any atom is -0.356 e. The fourth-order valence-corrected chi connectivity index (χ4v) is 2.57. The Morgan fingerprint density at radius 3 is 2.04 bits per heavy atom. The molecule has 0 aliphatic heterocycles. The van der Waals surface area contributed by atoms with Gasteiger partial charge >= 0.3 is 12.2 Å².